The highest BCUT2D eigenvalue weighted by Crippen LogP contribution is 2.37. The second kappa shape index (κ2) is 6.03. The van der Waals surface area contributed by atoms with Crippen molar-refractivity contribution in [3.63, 3.8) is 0 Å². The molecule has 5 nitrogen and oxygen atoms in total. The van der Waals surface area contributed by atoms with Crippen molar-refractivity contribution in [2.24, 2.45) is 0 Å². The summed E-state index contributed by atoms with van der Waals surface area (Å²) in [5.74, 6) is 0.338. The number of nitrogens with zero attached hydrogens (tertiary/aromatic N) is 4. The second-order valence-corrected chi connectivity index (χ2v) is 6.01. The highest BCUT2D eigenvalue weighted by Gasteiger charge is 2.31. The predicted octanol–water partition coefficient (Wildman–Crippen LogP) is 3.52. The van der Waals surface area contributed by atoms with Crippen molar-refractivity contribution in [2.45, 2.75) is 31.8 Å². The van der Waals surface area contributed by atoms with E-state index < -0.39 is 0 Å². The minimum Gasteiger partial charge on any atom is -0.346 e. The van der Waals surface area contributed by atoms with E-state index in [1.807, 2.05) is 6.07 Å². The largest absolute Gasteiger partial charge is 0.346 e. The zero-order valence-electron chi connectivity index (χ0n) is 13.4. The van der Waals surface area contributed by atoms with Crippen LogP contribution in [0.15, 0.2) is 48.5 Å². The quantitative estimate of drug-likeness (QED) is 0.801. The van der Waals surface area contributed by atoms with Crippen molar-refractivity contribution < 1.29 is 4.39 Å². The fourth-order valence-electron chi connectivity index (χ4n) is 3.25. The number of hydrogen-bond donors (Lipinski definition) is 1. The summed E-state index contributed by atoms with van der Waals surface area (Å²) in [4.78, 5) is 0. The van der Waals surface area contributed by atoms with Crippen LogP contribution in [0.2, 0.25) is 0 Å². The molecule has 0 unspecified atom stereocenters. The first-order chi connectivity index (χ1) is 11.8. The maximum Gasteiger partial charge on any atom is 0.243 e. The molecule has 1 aliphatic heterocycles. The third-order valence-electron chi connectivity index (χ3n) is 4.60. The summed E-state index contributed by atoms with van der Waals surface area (Å²) in [5.41, 5.74) is 3.07. The number of halogens is 1. The van der Waals surface area contributed by atoms with Crippen LogP contribution in [0.5, 0.6) is 0 Å². The van der Waals surface area contributed by atoms with Gasteiger partial charge in [0, 0.05) is 5.56 Å². The smallest absolute Gasteiger partial charge is 0.243 e. The van der Waals surface area contributed by atoms with Crippen LogP contribution in [0.25, 0.3) is 0 Å². The molecule has 0 aliphatic carbocycles. The number of tetrazole rings is 1. The van der Waals surface area contributed by atoms with Crippen molar-refractivity contribution in [1.29, 1.82) is 0 Å². The van der Waals surface area contributed by atoms with E-state index in [0.29, 0.717) is 17.9 Å². The number of rotatable bonds is 3. The van der Waals surface area contributed by atoms with E-state index in [0.717, 1.165) is 12.0 Å². The Balaban J connectivity index is 1.72. The molecule has 0 bridgehead atoms. The Kier molecular flexibility index (Phi) is 3.72. The van der Waals surface area contributed by atoms with Crippen molar-refractivity contribution in [2.75, 3.05) is 5.32 Å². The average Bonchev–Trinajstić information content (AvgIpc) is 3.10. The molecule has 0 saturated carbocycles. The molecule has 2 atom stereocenters. The summed E-state index contributed by atoms with van der Waals surface area (Å²) in [6.45, 7) is 2.14. The third-order valence-corrected chi connectivity index (χ3v) is 4.60. The molecular weight excluding hydrogens is 305 g/mol. The molecule has 122 valence electrons. The highest BCUT2D eigenvalue weighted by atomic mass is 19.1. The number of anilines is 1. The molecular formula is C18H18FN5. The average molecular weight is 323 g/mol. The molecule has 2 heterocycles. The van der Waals surface area contributed by atoms with E-state index in [1.54, 1.807) is 16.8 Å². The van der Waals surface area contributed by atoms with Gasteiger partial charge in [-0.25, -0.2) is 9.07 Å². The first kappa shape index (κ1) is 14.8. The van der Waals surface area contributed by atoms with Crippen molar-refractivity contribution in [1.82, 2.24) is 20.2 Å². The Morgan fingerprint density at radius 3 is 2.71 bits per heavy atom. The number of aryl methyl sites for hydroxylation is 1. The van der Waals surface area contributed by atoms with Gasteiger partial charge in [-0.05, 0) is 40.5 Å². The fourth-order valence-corrected chi connectivity index (χ4v) is 3.25. The Morgan fingerprint density at radius 2 is 1.96 bits per heavy atom. The van der Waals surface area contributed by atoms with Gasteiger partial charge in [-0.1, -0.05) is 54.5 Å². The van der Waals surface area contributed by atoms with E-state index >= 15 is 0 Å². The van der Waals surface area contributed by atoms with Crippen LogP contribution in [0.1, 0.15) is 42.1 Å². The molecule has 6 heteroatoms. The number of nitrogens with one attached hydrogen (secondary N) is 1. The molecule has 0 amide bonds. The molecule has 2 aromatic carbocycles. The maximum absolute atomic E-state index is 14.3. The van der Waals surface area contributed by atoms with Crippen molar-refractivity contribution in [3.05, 3.63) is 71.0 Å². The molecule has 4 rings (SSSR count). The minimum absolute atomic E-state index is 0.0408. The zero-order chi connectivity index (χ0) is 16.5. The lowest BCUT2D eigenvalue weighted by Gasteiger charge is -2.31. The van der Waals surface area contributed by atoms with Gasteiger partial charge in [0.1, 0.15) is 5.82 Å². The number of fused-ring (bicyclic) bond motifs is 1. The summed E-state index contributed by atoms with van der Waals surface area (Å²) in [6.07, 6.45) is 1.69. The monoisotopic (exact) mass is 323 g/mol. The standard InChI is InChI=1S/C18H18FN5/c1-2-12-7-9-13(10-8-12)16-11-17(14-5-3-4-6-15(14)19)24-18(20-16)21-22-23-24/h3-10,16-17H,2,11H2,1H3,(H,20,21,23)/t16-,17+/m0/s1. The van der Waals surface area contributed by atoms with Crippen molar-refractivity contribution >= 4 is 5.95 Å². The van der Waals surface area contributed by atoms with Crippen LogP contribution in [0.4, 0.5) is 10.3 Å². The van der Waals surface area contributed by atoms with Gasteiger partial charge in [-0.15, -0.1) is 0 Å². The van der Waals surface area contributed by atoms with Gasteiger partial charge in [-0.3, -0.25) is 0 Å². The molecule has 0 saturated heterocycles. The van der Waals surface area contributed by atoms with E-state index in [9.17, 15) is 4.39 Å². The van der Waals surface area contributed by atoms with Gasteiger partial charge in [-0.2, -0.15) is 0 Å². The third kappa shape index (κ3) is 2.54. The summed E-state index contributed by atoms with van der Waals surface area (Å²) < 4.78 is 16.0. The Hall–Kier alpha value is -2.76. The molecule has 1 aromatic heterocycles. The number of hydrogen-bond acceptors (Lipinski definition) is 4. The van der Waals surface area contributed by atoms with Crippen LogP contribution < -0.4 is 5.32 Å². The first-order valence-corrected chi connectivity index (χ1v) is 8.14. The van der Waals surface area contributed by atoms with Crippen LogP contribution in [0, 0.1) is 5.82 Å². The molecule has 1 N–H and O–H groups in total. The van der Waals surface area contributed by atoms with Gasteiger partial charge in [0.05, 0.1) is 12.1 Å². The summed E-state index contributed by atoms with van der Waals surface area (Å²) >= 11 is 0. The molecule has 3 aromatic rings. The van der Waals surface area contributed by atoms with Crippen LogP contribution >= 0.6 is 0 Å². The van der Waals surface area contributed by atoms with E-state index in [4.69, 9.17) is 0 Å². The fraction of sp³-hybridized carbons (Fsp3) is 0.278. The van der Waals surface area contributed by atoms with Crippen LogP contribution in [0.3, 0.4) is 0 Å². The highest BCUT2D eigenvalue weighted by molar-refractivity contribution is 5.38. The first-order valence-electron chi connectivity index (χ1n) is 8.14. The maximum atomic E-state index is 14.3. The van der Waals surface area contributed by atoms with Crippen LogP contribution in [-0.2, 0) is 6.42 Å². The predicted molar refractivity (Wildman–Crippen MR) is 89.2 cm³/mol. The lowest BCUT2D eigenvalue weighted by molar-refractivity contribution is 0.409. The summed E-state index contributed by atoms with van der Waals surface area (Å²) in [5, 5.41) is 15.2. The number of benzene rings is 2. The van der Waals surface area contributed by atoms with Gasteiger partial charge >= 0.3 is 0 Å². The Bertz CT molecular complexity index is 843. The molecule has 24 heavy (non-hydrogen) atoms. The normalized spacial score (nSPS) is 19.6. The molecule has 1 aliphatic rings. The zero-order valence-corrected chi connectivity index (χ0v) is 13.4. The summed E-state index contributed by atoms with van der Waals surface area (Å²) in [7, 11) is 0. The second-order valence-electron chi connectivity index (χ2n) is 6.01. The van der Waals surface area contributed by atoms with Crippen LogP contribution in [-0.4, -0.2) is 20.2 Å². The van der Waals surface area contributed by atoms with E-state index in [-0.39, 0.29) is 17.9 Å². The van der Waals surface area contributed by atoms with E-state index in [1.165, 1.54) is 11.6 Å². The molecule has 0 fully saturated rings. The van der Waals surface area contributed by atoms with E-state index in [2.05, 4.69) is 52.0 Å². The van der Waals surface area contributed by atoms with Gasteiger partial charge in [0.15, 0.2) is 0 Å². The lowest BCUT2D eigenvalue weighted by atomic mass is 9.92. The molecule has 0 radical (unpaired) electrons. The van der Waals surface area contributed by atoms with Gasteiger partial charge in [0.2, 0.25) is 5.95 Å². The SMILES string of the molecule is CCc1ccc([C@@H]2C[C@H](c3ccccc3F)n3nnnc3N2)cc1. The number of aromatic nitrogens is 4. The molecule has 0 spiro atoms. The summed E-state index contributed by atoms with van der Waals surface area (Å²) in [6, 6.07) is 15.1. The minimum atomic E-state index is -0.231. The topological polar surface area (TPSA) is 55.6 Å². The van der Waals surface area contributed by atoms with Crippen molar-refractivity contribution in [3.8, 4) is 0 Å². The Morgan fingerprint density at radius 1 is 1.17 bits per heavy atom. The lowest BCUT2D eigenvalue weighted by Crippen LogP contribution is -2.28. The van der Waals surface area contributed by atoms with Gasteiger partial charge in [0.25, 0.3) is 0 Å². The van der Waals surface area contributed by atoms with Gasteiger partial charge < -0.3 is 5.32 Å². The Labute approximate surface area is 139 Å².